The summed E-state index contributed by atoms with van der Waals surface area (Å²) in [7, 11) is 0. The molecular weight excluding hydrogens is 263 g/mol. The molecule has 0 spiro atoms. The number of carbonyl (C=O) groups excluding carboxylic acids is 1. The van der Waals surface area contributed by atoms with Gasteiger partial charge in [0, 0.05) is 13.0 Å². The first-order chi connectivity index (χ1) is 8.90. The van der Waals surface area contributed by atoms with Gasteiger partial charge in [-0.15, -0.1) is 13.2 Å². The molecule has 106 valence electrons. The summed E-state index contributed by atoms with van der Waals surface area (Å²) in [5, 5.41) is 11.1. The third-order valence-electron chi connectivity index (χ3n) is 2.23. The number of aliphatic hydroxyl groups is 1. The molecule has 19 heavy (non-hydrogen) atoms. The van der Waals surface area contributed by atoms with E-state index >= 15 is 0 Å². The molecule has 0 saturated heterocycles. The number of benzene rings is 1. The van der Waals surface area contributed by atoms with Gasteiger partial charge in [-0.05, 0) is 24.1 Å². The summed E-state index contributed by atoms with van der Waals surface area (Å²) in [6.45, 7) is 0.146. The van der Waals surface area contributed by atoms with Gasteiger partial charge in [-0.25, -0.2) is 0 Å². The number of hydrogen-bond acceptors (Lipinski definition) is 3. The second-order valence-electron chi connectivity index (χ2n) is 3.77. The van der Waals surface area contributed by atoms with E-state index in [-0.39, 0.29) is 24.7 Å². The van der Waals surface area contributed by atoms with E-state index in [9.17, 15) is 18.0 Å². The monoisotopic (exact) mass is 277 g/mol. The molecule has 0 aliphatic carbocycles. The molecule has 0 aliphatic heterocycles. The highest BCUT2D eigenvalue weighted by Gasteiger charge is 2.30. The smallest absolute Gasteiger partial charge is 0.406 e. The minimum absolute atomic E-state index is 0.0400. The molecule has 4 nitrogen and oxygen atoms in total. The fourth-order valence-electron chi connectivity index (χ4n) is 1.39. The van der Waals surface area contributed by atoms with Crippen LogP contribution in [0.3, 0.4) is 0 Å². The highest BCUT2D eigenvalue weighted by Crippen LogP contribution is 2.22. The van der Waals surface area contributed by atoms with Crippen molar-refractivity contribution < 1.29 is 27.8 Å². The van der Waals surface area contributed by atoms with Crippen LogP contribution in [0.2, 0.25) is 0 Å². The van der Waals surface area contributed by atoms with E-state index in [2.05, 4.69) is 10.1 Å². The van der Waals surface area contributed by atoms with Crippen molar-refractivity contribution in [2.24, 2.45) is 0 Å². The number of ether oxygens (including phenoxy) is 1. The molecule has 1 aromatic rings. The molecule has 0 heterocycles. The predicted octanol–water partition coefficient (Wildman–Crippen LogP) is 1.63. The Balaban J connectivity index is 2.38. The van der Waals surface area contributed by atoms with Crippen LogP contribution in [0.1, 0.15) is 12.0 Å². The molecule has 0 aromatic heterocycles. The molecule has 0 aliphatic rings. The van der Waals surface area contributed by atoms with Gasteiger partial charge in [0.1, 0.15) is 5.75 Å². The summed E-state index contributed by atoms with van der Waals surface area (Å²) in [6, 6.07) is 5.44. The summed E-state index contributed by atoms with van der Waals surface area (Å²) in [5.74, 6) is -0.542. The minimum Gasteiger partial charge on any atom is -0.406 e. The highest BCUT2D eigenvalue weighted by molar-refractivity contribution is 5.75. The maximum atomic E-state index is 11.9. The van der Waals surface area contributed by atoms with Crippen LogP contribution in [-0.4, -0.2) is 30.5 Å². The van der Waals surface area contributed by atoms with Crippen LogP contribution in [0, 0.1) is 0 Å². The quantitative estimate of drug-likeness (QED) is 0.831. The molecule has 0 saturated carbocycles. The van der Waals surface area contributed by atoms with E-state index in [1.165, 1.54) is 24.3 Å². The second-order valence-corrected chi connectivity index (χ2v) is 3.77. The number of rotatable bonds is 6. The summed E-state index contributed by atoms with van der Waals surface area (Å²) in [6.07, 6.45) is -4.17. The molecule has 7 heteroatoms. The van der Waals surface area contributed by atoms with E-state index in [4.69, 9.17) is 5.11 Å². The van der Waals surface area contributed by atoms with Crippen LogP contribution in [-0.2, 0) is 11.2 Å². The first kappa shape index (κ1) is 15.3. The van der Waals surface area contributed by atoms with Crippen LogP contribution < -0.4 is 10.1 Å². The lowest BCUT2D eigenvalue weighted by atomic mass is 10.1. The fourth-order valence-corrected chi connectivity index (χ4v) is 1.39. The van der Waals surface area contributed by atoms with Crippen molar-refractivity contribution in [2.45, 2.75) is 19.2 Å². The molecule has 0 bridgehead atoms. The van der Waals surface area contributed by atoms with Crippen molar-refractivity contribution in [3.63, 3.8) is 0 Å². The van der Waals surface area contributed by atoms with E-state index in [1.807, 2.05) is 0 Å². The van der Waals surface area contributed by atoms with E-state index in [1.54, 1.807) is 0 Å². The third kappa shape index (κ3) is 6.66. The van der Waals surface area contributed by atoms with Gasteiger partial charge in [-0.3, -0.25) is 4.79 Å². The predicted molar refractivity (Wildman–Crippen MR) is 61.5 cm³/mol. The van der Waals surface area contributed by atoms with E-state index < -0.39 is 6.36 Å². The zero-order chi connectivity index (χ0) is 14.3. The molecule has 1 amide bonds. The molecule has 0 unspecified atom stereocenters. The lowest BCUT2D eigenvalue weighted by Crippen LogP contribution is -2.26. The molecular formula is C12H14F3NO3. The maximum absolute atomic E-state index is 11.9. The first-order valence-corrected chi connectivity index (χ1v) is 5.63. The fraction of sp³-hybridized carbons (Fsp3) is 0.417. The summed E-state index contributed by atoms with van der Waals surface area (Å²) in [5.41, 5.74) is 0.777. The van der Waals surface area contributed by atoms with Crippen molar-refractivity contribution in [1.29, 1.82) is 0 Å². The molecule has 2 N–H and O–H groups in total. The molecule has 0 radical (unpaired) electrons. The zero-order valence-electron chi connectivity index (χ0n) is 10.0. The second kappa shape index (κ2) is 6.98. The average Bonchev–Trinajstić information content (AvgIpc) is 2.30. The molecule has 0 fully saturated rings. The number of carbonyl (C=O) groups is 1. The number of amides is 1. The lowest BCUT2D eigenvalue weighted by molar-refractivity contribution is -0.274. The van der Waals surface area contributed by atoms with Crippen LogP contribution >= 0.6 is 0 Å². The summed E-state index contributed by atoms with van der Waals surface area (Å²) in [4.78, 5) is 11.0. The Morgan fingerprint density at radius 2 is 1.89 bits per heavy atom. The first-order valence-electron chi connectivity index (χ1n) is 5.63. The standard InChI is InChI=1S/C12H14F3NO3/c13-12(14,15)19-10-3-1-9(2-4-10)5-7-16-11(18)6-8-17/h1-4,17H,5-8H2,(H,16,18). The number of alkyl halides is 3. The number of halogens is 3. The Bertz CT molecular complexity index is 404. The van der Waals surface area contributed by atoms with Crippen molar-refractivity contribution in [3.8, 4) is 5.75 Å². The van der Waals surface area contributed by atoms with Gasteiger partial charge in [0.25, 0.3) is 0 Å². The highest BCUT2D eigenvalue weighted by atomic mass is 19.4. The van der Waals surface area contributed by atoms with E-state index in [0.29, 0.717) is 13.0 Å². The Labute approximate surface area is 108 Å². The van der Waals surface area contributed by atoms with Gasteiger partial charge >= 0.3 is 6.36 Å². The lowest BCUT2D eigenvalue weighted by Gasteiger charge is -2.09. The normalized spacial score (nSPS) is 11.2. The average molecular weight is 277 g/mol. The zero-order valence-corrected chi connectivity index (χ0v) is 10.0. The number of hydrogen-bond donors (Lipinski definition) is 2. The van der Waals surface area contributed by atoms with Gasteiger partial charge in [-0.1, -0.05) is 12.1 Å². The Hall–Kier alpha value is -1.76. The van der Waals surface area contributed by atoms with Crippen molar-refractivity contribution in [2.75, 3.05) is 13.2 Å². The Morgan fingerprint density at radius 3 is 2.42 bits per heavy atom. The summed E-state index contributed by atoms with van der Waals surface area (Å²) < 4.78 is 39.5. The van der Waals surface area contributed by atoms with Gasteiger partial charge < -0.3 is 15.2 Å². The van der Waals surface area contributed by atoms with Gasteiger partial charge in [0.2, 0.25) is 5.91 Å². The Kier molecular flexibility index (Phi) is 5.62. The third-order valence-corrected chi connectivity index (χ3v) is 2.23. The molecule has 0 atom stereocenters. The minimum atomic E-state index is -4.69. The van der Waals surface area contributed by atoms with Crippen LogP contribution in [0.25, 0.3) is 0 Å². The van der Waals surface area contributed by atoms with Gasteiger partial charge in [0.05, 0.1) is 6.61 Å². The van der Waals surface area contributed by atoms with Gasteiger partial charge in [0.15, 0.2) is 0 Å². The number of aliphatic hydroxyl groups excluding tert-OH is 1. The topological polar surface area (TPSA) is 58.6 Å². The van der Waals surface area contributed by atoms with Crippen molar-refractivity contribution in [3.05, 3.63) is 29.8 Å². The van der Waals surface area contributed by atoms with Crippen LogP contribution in [0.15, 0.2) is 24.3 Å². The summed E-state index contributed by atoms with van der Waals surface area (Å²) >= 11 is 0. The van der Waals surface area contributed by atoms with Crippen molar-refractivity contribution >= 4 is 5.91 Å². The molecule has 1 rings (SSSR count). The van der Waals surface area contributed by atoms with Crippen LogP contribution in [0.5, 0.6) is 5.75 Å². The van der Waals surface area contributed by atoms with Crippen molar-refractivity contribution in [1.82, 2.24) is 5.32 Å². The van der Waals surface area contributed by atoms with Gasteiger partial charge in [-0.2, -0.15) is 0 Å². The largest absolute Gasteiger partial charge is 0.573 e. The SMILES string of the molecule is O=C(CCO)NCCc1ccc(OC(F)(F)F)cc1. The maximum Gasteiger partial charge on any atom is 0.573 e. The van der Waals surface area contributed by atoms with Crippen LogP contribution in [0.4, 0.5) is 13.2 Å². The molecule has 1 aromatic carbocycles. The van der Waals surface area contributed by atoms with E-state index in [0.717, 1.165) is 5.56 Å². The number of nitrogens with one attached hydrogen (secondary N) is 1. The Morgan fingerprint density at radius 1 is 1.26 bits per heavy atom.